The van der Waals surface area contributed by atoms with E-state index in [2.05, 4.69) is 5.32 Å². The summed E-state index contributed by atoms with van der Waals surface area (Å²) in [7, 11) is 0. The average molecular weight is 155 g/mol. The van der Waals surface area contributed by atoms with Gasteiger partial charge < -0.3 is 10.4 Å². The molecule has 1 heterocycles. The Bertz CT molecular complexity index is 136. The minimum Gasteiger partial charge on any atom is -0.394 e. The lowest BCUT2D eigenvalue weighted by Crippen LogP contribution is -2.53. The molecule has 64 valence electrons. The first kappa shape index (κ1) is 7.56. The first-order chi connectivity index (χ1) is 5.37. The maximum absolute atomic E-state index is 9.29. The van der Waals surface area contributed by atoms with Gasteiger partial charge in [0.2, 0.25) is 0 Å². The van der Waals surface area contributed by atoms with Crippen LogP contribution in [0.3, 0.4) is 0 Å². The van der Waals surface area contributed by atoms with Gasteiger partial charge in [-0.05, 0) is 38.1 Å². The highest BCUT2D eigenvalue weighted by atomic mass is 16.3. The molecule has 0 amide bonds. The Morgan fingerprint density at radius 1 is 1.36 bits per heavy atom. The third-order valence-corrected chi connectivity index (χ3v) is 3.17. The van der Waals surface area contributed by atoms with Crippen LogP contribution >= 0.6 is 0 Å². The number of hydrogen-bond acceptors (Lipinski definition) is 2. The van der Waals surface area contributed by atoms with E-state index in [4.69, 9.17) is 0 Å². The van der Waals surface area contributed by atoms with Gasteiger partial charge in [-0.25, -0.2) is 0 Å². The van der Waals surface area contributed by atoms with E-state index in [0.717, 1.165) is 12.5 Å². The number of hydrogen-bond donors (Lipinski definition) is 2. The van der Waals surface area contributed by atoms with Gasteiger partial charge in [0, 0.05) is 5.54 Å². The Hall–Kier alpha value is -0.0800. The van der Waals surface area contributed by atoms with Crippen molar-refractivity contribution >= 4 is 0 Å². The lowest BCUT2D eigenvalue weighted by molar-refractivity contribution is 0.112. The molecule has 2 rings (SSSR count). The molecule has 1 atom stereocenters. The molecule has 0 bridgehead atoms. The molecule has 0 aromatic carbocycles. The topological polar surface area (TPSA) is 32.3 Å². The SMILES string of the molecule is OCC1(C2CC2)CCCCN1. The molecule has 0 aromatic rings. The molecule has 1 unspecified atom stereocenters. The van der Waals surface area contributed by atoms with Crippen LogP contribution in [0, 0.1) is 5.92 Å². The van der Waals surface area contributed by atoms with Crippen LogP contribution in [-0.4, -0.2) is 23.8 Å². The zero-order valence-electron chi connectivity index (χ0n) is 6.97. The van der Waals surface area contributed by atoms with Gasteiger partial charge in [0.1, 0.15) is 0 Å². The molecule has 0 radical (unpaired) electrons. The first-order valence-electron chi connectivity index (χ1n) is 4.73. The first-order valence-corrected chi connectivity index (χ1v) is 4.73. The Kier molecular flexibility index (Phi) is 1.90. The predicted molar refractivity (Wildman–Crippen MR) is 44.4 cm³/mol. The van der Waals surface area contributed by atoms with Crippen molar-refractivity contribution < 1.29 is 5.11 Å². The van der Waals surface area contributed by atoms with Crippen LogP contribution in [0.4, 0.5) is 0 Å². The maximum atomic E-state index is 9.29. The Balaban J connectivity index is 2.01. The maximum Gasteiger partial charge on any atom is 0.0616 e. The highest BCUT2D eigenvalue weighted by molar-refractivity contribution is 5.02. The monoisotopic (exact) mass is 155 g/mol. The van der Waals surface area contributed by atoms with Crippen molar-refractivity contribution in [3.63, 3.8) is 0 Å². The molecule has 1 aliphatic heterocycles. The second-order valence-electron chi connectivity index (χ2n) is 3.97. The molecule has 0 spiro atoms. The van der Waals surface area contributed by atoms with Crippen LogP contribution < -0.4 is 5.32 Å². The second-order valence-corrected chi connectivity index (χ2v) is 3.97. The smallest absolute Gasteiger partial charge is 0.0616 e. The van der Waals surface area contributed by atoms with Crippen LogP contribution in [0.1, 0.15) is 32.1 Å². The Morgan fingerprint density at radius 2 is 2.18 bits per heavy atom. The van der Waals surface area contributed by atoms with Gasteiger partial charge in [0.05, 0.1) is 6.61 Å². The molecule has 1 saturated carbocycles. The third kappa shape index (κ3) is 1.30. The van der Waals surface area contributed by atoms with E-state index in [1.165, 1.54) is 32.1 Å². The second kappa shape index (κ2) is 2.76. The van der Waals surface area contributed by atoms with E-state index in [1.54, 1.807) is 0 Å². The zero-order chi connectivity index (χ0) is 7.73. The Morgan fingerprint density at radius 3 is 2.64 bits per heavy atom. The van der Waals surface area contributed by atoms with Crippen molar-refractivity contribution in [1.82, 2.24) is 5.32 Å². The van der Waals surface area contributed by atoms with Crippen molar-refractivity contribution in [2.45, 2.75) is 37.6 Å². The van der Waals surface area contributed by atoms with Gasteiger partial charge >= 0.3 is 0 Å². The number of nitrogens with one attached hydrogen (secondary N) is 1. The summed E-state index contributed by atoms with van der Waals surface area (Å²) >= 11 is 0. The molecule has 2 N–H and O–H groups in total. The molecule has 2 aliphatic rings. The van der Waals surface area contributed by atoms with Gasteiger partial charge in [0.25, 0.3) is 0 Å². The lowest BCUT2D eigenvalue weighted by Gasteiger charge is -2.37. The molecule has 1 aliphatic carbocycles. The van der Waals surface area contributed by atoms with Gasteiger partial charge in [-0.2, -0.15) is 0 Å². The molecule has 2 heteroatoms. The number of aliphatic hydroxyl groups is 1. The quantitative estimate of drug-likeness (QED) is 0.621. The van der Waals surface area contributed by atoms with Crippen molar-refractivity contribution in [3.8, 4) is 0 Å². The summed E-state index contributed by atoms with van der Waals surface area (Å²) in [4.78, 5) is 0. The van der Waals surface area contributed by atoms with E-state index >= 15 is 0 Å². The molecule has 1 saturated heterocycles. The summed E-state index contributed by atoms with van der Waals surface area (Å²) in [5.74, 6) is 0.785. The van der Waals surface area contributed by atoms with Crippen molar-refractivity contribution in [2.75, 3.05) is 13.2 Å². The fourth-order valence-corrected chi connectivity index (χ4v) is 2.24. The summed E-state index contributed by atoms with van der Waals surface area (Å²) in [6.07, 6.45) is 6.42. The van der Waals surface area contributed by atoms with Crippen LogP contribution in [0.15, 0.2) is 0 Å². The van der Waals surface area contributed by atoms with E-state index in [1.807, 2.05) is 0 Å². The summed E-state index contributed by atoms with van der Waals surface area (Å²) < 4.78 is 0. The minimum atomic E-state index is 0.137. The predicted octanol–water partition coefficient (Wildman–Crippen LogP) is 0.901. The van der Waals surface area contributed by atoms with E-state index in [9.17, 15) is 5.11 Å². The summed E-state index contributed by atoms with van der Waals surface area (Å²) in [5.41, 5.74) is 0.137. The van der Waals surface area contributed by atoms with E-state index < -0.39 is 0 Å². The van der Waals surface area contributed by atoms with Gasteiger partial charge in [-0.15, -0.1) is 0 Å². The molecule has 0 aromatic heterocycles. The highest BCUT2D eigenvalue weighted by Crippen LogP contribution is 2.43. The number of piperidine rings is 1. The summed E-state index contributed by atoms with van der Waals surface area (Å²) in [6.45, 7) is 1.45. The molecule has 2 nitrogen and oxygen atoms in total. The highest BCUT2D eigenvalue weighted by Gasteiger charge is 2.44. The normalized spacial score (nSPS) is 39.0. The summed E-state index contributed by atoms with van der Waals surface area (Å²) in [6, 6.07) is 0. The number of rotatable bonds is 2. The standard InChI is InChI=1S/C9H17NO/c11-7-9(8-3-4-8)5-1-2-6-10-9/h8,10-11H,1-7H2. The fourth-order valence-electron chi connectivity index (χ4n) is 2.24. The van der Waals surface area contributed by atoms with Crippen molar-refractivity contribution in [1.29, 1.82) is 0 Å². The van der Waals surface area contributed by atoms with Gasteiger partial charge in [-0.3, -0.25) is 0 Å². The molecule has 2 fully saturated rings. The van der Waals surface area contributed by atoms with Crippen molar-refractivity contribution in [3.05, 3.63) is 0 Å². The van der Waals surface area contributed by atoms with Gasteiger partial charge in [-0.1, -0.05) is 6.42 Å². The van der Waals surface area contributed by atoms with Crippen LogP contribution in [-0.2, 0) is 0 Å². The van der Waals surface area contributed by atoms with E-state index in [0.29, 0.717) is 6.61 Å². The van der Waals surface area contributed by atoms with Crippen molar-refractivity contribution in [2.24, 2.45) is 5.92 Å². The fraction of sp³-hybridized carbons (Fsp3) is 1.00. The van der Waals surface area contributed by atoms with Crippen LogP contribution in [0.25, 0.3) is 0 Å². The lowest BCUT2D eigenvalue weighted by atomic mass is 9.85. The molecular formula is C9H17NO. The zero-order valence-corrected chi connectivity index (χ0v) is 6.97. The average Bonchev–Trinajstić information content (AvgIpc) is 2.88. The summed E-state index contributed by atoms with van der Waals surface area (Å²) in [5, 5.41) is 12.8. The van der Waals surface area contributed by atoms with Gasteiger partial charge in [0.15, 0.2) is 0 Å². The molecule has 11 heavy (non-hydrogen) atoms. The van der Waals surface area contributed by atoms with Crippen LogP contribution in [0.5, 0.6) is 0 Å². The minimum absolute atomic E-state index is 0.137. The van der Waals surface area contributed by atoms with E-state index in [-0.39, 0.29) is 5.54 Å². The number of aliphatic hydroxyl groups excluding tert-OH is 1. The third-order valence-electron chi connectivity index (χ3n) is 3.17. The van der Waals surface area contributed by atoms with Crippen LogP contribution in [0.2, 0.25) is 0 Å². The molecular weight excluding hydrogens is 138 g/mol. The Labute approximate surface area is 68.0 Å². The largest absolute Gasteiger partial charge is 0.394 e.